The number of anilines is 2. The highest BCUT2D eigenvalue weighted by molar-refractivity contribution is 5.58. The fraction of sp³-hybridized carbons (Fsp3) is 0.692. The van der Waals surface area contributed by atoms with E-state index in [9.17, 15) is 0 Å². The molecule has 5 heteroatoms. The van der Waals surface area contributed by atoms with Gasteiger partial charge in [0.25, 0.3) is 0 Å². The SMILES string of the molecule is CCc1nc(NN)c(C)c(N(C)C2CCCC2)n1. The number of hydrazine groups is 1. The molecule has 1 fully saturated rings. The summed E-state index contributed by atoms with van der Waals surface area (Å²) in [6.45, 7) is 4.08. The van der Waals surface area contributed by atoms with Crippen molar-refractivity contribution in [3.8, 4) is 0 Å². The van der Waals surface area contributed by atoms with E-state index in [1.165, 1.54) is 25.7 Å². The van der Waals surface area contributed by atoms with Crippen LogP contribution < -0.4 is 16.2 Å². The van der Waals surface area contributed by atoms with Crippen molar-refractivity contribution in [3.63, 3.8) is 0 Å². The molecule has 0 unspecified atom stereocenters. The van der Waals surface area contributed by atoms with Crippen molar-refractivity contribution in [1.29, 1.82) is 0 Å². The van der Waals surface area contributed by atoms with Gasteiger partial charge in [-0.25, -0.2) is 15.8 Å². The Kier molecular flexibility index (Phi) is 4.01. The van der Waals surface area contributed by atoms with Gasteiger partial charge in [0.1, 0.15) is 17.5 Å². The van der Waals surface area contributed by atoms with Crippen LogP contribution in [0.2, 0.25) is 0 Å². The van der Waals surface area contributed by atoms with E-state index < -0.39 is 0 Å². The van der Waals surface area contributed by atoms with E-state index >= 15 is 0 Å². The van der Waals surface area contributed by atoms with Crippen molar-refractivity contribution >= 4 is 11.6 Å². The average Bonchev–Trinajstić information content (AvgIpc) is 2.92. The number of aryl methyl sites for hydroxylation is 1. The molecule has 5 nitrogen and oxygen atoms in total. The van der Waals surface area contributed by atoms with Crippen molar-refractivity contribution in [1.82, 2.24) is 9.97 Å². The van der Waals surface area contributed by atoms with Crippen molar-refractivity contribution in [2.24, 2.45) is 5.84 Å². The topological polar surface area (TPSA) is 67.1 Å². The third-order valence-electron chi connectivity index (χ3n) is 3.83. The third kappa shape index (κ3) is 2.41. The Balaban J connectivity index is 2.35. The Bertz CT molecular complexity index is 412. The highest BCUT2D eigenvalue weighted by Gasteiger charge is 2.23. The Morgan fingerprint density at radius 1 is 1.33 bits per heavy atom. The van der Waals surface area contributed by atoms with Gasteiger partial charge in [0.15, 0.2) is 0 Å². The first-order chi connectivity index (χ1) is 8.67. The van der Waals surface area contributed by atoms with Crippen molar-refractivity contribution in [3.05, 3.63) is 11.4 Å². The summed E-state index contributed by atoms with van der Waals surface area (Å²) in [4.78, 5) is 11.4. The van der Waals surface area contributed by atoms with Gasteiger partial charge in [0, 0.05) is 25.1 Å². The van der Waals surface area contributed by atoms with E-state index in [2.05, 4.69) is 34.3 Å². The van der Waals surface area contributed by atoms with Gasteiger partial charge in [-0.05, 0) is 19.8 Å². The summed E-state index contributed by atoms with van der Waals surface area (Å²) in [5.41, 5.74) is 3.71. The number of hydrogen-bond acceptors (Lipinski definition) is 5. The molecule has 1 saturated carbocycles. The summed E-state index contributed by atoms with van der Waals surface area (Å²) in [6, 6.07) is 0.605. The van der Waals surface area contributed by atoms with Gasteiger partial charge in [-0.15, -0.1) is 0 Å². The monoisotopic (exact) mass is 249 g/mol. The number of aromatic nitrogens is 2. The van der Waals surface area contributed by atoms with Gasteiger partial charge in [-0.3, -0.25) is 0 Å². The molecular weight excluding hydrogens is 226 g/mol. The minimum absolute atomic E-state index is 0.605. The van der Waals surface area contributed by atoms with Crippen LogP contribution in [0.4, 0.5) is 11.6 Å². The lowest BCUT2D eigenvalue weighted by atomic mass is 10.2. The fourth-order valence-corrected chi connectivity index (χ4v) is 2.66. The maximum atomic E-state index is 5.54. The predicted molar refractivity (Wildman–Crippen MR) is 74.6 cm³/mol. The molecule has 0 bridgehead atoms. The first kappa shape index (κ1) is 13.1. The number of nitrogens with two attached hydrogens (primary N) is 1. The van der Waals surface area contributed by atoms with Gasteiger partial charge >= 0.3 is 0 Å². The van der Waals surface area contributed by atoms with Crippen LogP contribution in [-0.4, -0.2) is 23.1 Å². The molecule has 3 N–H and O–H groups in total. The Labute approximate surface area is 109 Å². The van der Waals surface area contributed by atoms with Crippen LogP contribution in [0.25, 0.3) is 0 Å². The molecule has 2 rings (SSSR count). The van der Waals surface area contributed by atoms with Crippen LogP contribution in [0.1, 0.15) is 44.0 Å². The Hall–Kier alpha value is -1.36. The maximum Gasteiger partial charge on any atom is 0.148 e. The summed E-state index contributed by atoms with van der Waals surface area (Å²) < 4.78 is 0. The van der Waals surface area contributed by atoms with E-state index in [1.54, 1.807) is 0 Å². The maximum absolute atomic E-state index is 5.54. The van der Waals surface area contributed by atoms with Crippen molar-refractivity contribution < 1.29 is 0 Å². The highest BCUT2D eigenvalue weighted by atomic mass is 15.3. The molecule has 1 aliphatic carbocycles. The van der Waals surface area contributed by atoms with E-state index in [0.717, 1.165) is 29.4 Å². The van der Waals surface area contributed by atoms with Gasteiger partial charge in [-0.1, -0.05) is 19.8 Å². The second kappa shape index (κ2) is 5.52. The fourth-order valence-electron chi connectivity index (χ4n) is 2.66. The molecular formula is C13H23N5. The standard InChI is InChI=1S/C13H23N5/c1-4-11-15-12(17-14)9(2)13(16-11)18(3)10-7-5-6-8-10/h10H,4-8,14H2,1-3H3,(H,15,16,17). The molecule has 0 radical (unpaired) electrons. The summed E-state index contributed by atoms with van der Waals surface area (Å²) in [5, 5.41) is 0. The molecule has 0 aromatic carbocycles. The molecule has 18 heavy (non-hydrogen) atoms. The molecule has 1 aliphatic rings. The molecule has 100 valence electrons. The minimum Gasteiger partial charge on any atom is -0.356 e. The Morgan fingerprint density at radius 3 is 2.56 bits per heavy atom. The van der Waals surface area contributed by atoms with Crippen LogP contribution in [0.3, 0.4) is 0 Å². The smallest absolute Gasteiger partial charge is 0.148 e. The largest absolute Gasteiger partial charge is 0.356 e. The van der Waals surface area contributed by atoms with Crippen molar-refractivity contribution in [2.45, 2.75) is 52.0 Å². The summed E-state index contributed by atoms with van der Waals surface area (Å²) in [7, 11) is 2.13. The zero-order valence-electron chi connectivity index (χ0n) is 11.5. The summed E-state index contributed by atoms with van der Waals surface area (Å²) in [5.74, 6) is 8.13. The minimum atomic E-state index is 0.605. The molecule has 0 spiro atoms. The van der Waals surface area contributed by atoms with E-state index in [1.807, 2.05) is 6.92 Å². The third-order valence-corrected chi connectivity index (χ3v) is 3.83. The first-order valence-corrected chi connectivity index (χ1v) is 6.74. The number of nitrogen functional groups attached to an aromatic ring is 1. The molecule has 0 aliphatic heterocycles. The Morgan fingerprint density at radius 2 is 2.00 bits per heavy atom. The molecule has 0 amide bonds. The highest BCUT2D eigenvalue weighted by Crippen LogP contribution is 2.29. The average molecular weight is 249 g/mol. The lowest BCUT2D eigenvalue weighted by Gasteiger charge is -2.27. The summed E-state index contributed by atoms with van der Waals surface area (Å²) >= 11 is 0. The van der Waals surface area contributed by atoms with Gasteiger partial charge in [0.2, 0.25) is 0 Å². The van der Waals surface area contributed by atoms with Gasteiger partial charge < -0.3 is 10.3 Å². The molecule has 0 saturated heterocycles. The number of rotatable bonds is 4. The lowest BCUT2D eigenvalue weighted by Crippen LogP contribution is -2.31. The zero-order chi connectivity index (χ0) is 13.1. The number of nitrogens with one attached hydrogen (secondary N) is 1. The number of hydrogen-bond donors (Lipinski definition) is 2. The first-order valence-electron chi connectivity index (χ1n) is 6.74. The van der Waals surface area contributed by atoms with Crippen molar-refractivity contribution in [2.75, 3.05) is 17.4 Å². The van der Waals surface area contributed by atoms with Crippen LogP contribution in [0, 0.1) is 6.92 Å². The predicted octanol–water partition coefficient (Wildman–Crippen LogP) is 2.01. The van der Waals surface area contributed by atoms with E-state index in [-0.39, 0.29) is 0 Å². The second-order valence-electron chi connectivity index (χ2n) is 4.98. The molecule has 0 atom stereocenters. The molecule has 1 heterocycles. The normalized spacial score (nSPS) is 16.0. The van der Waals surface area contributed by atoms with Crippen LogP contribution >= 0.6 is 0 Å². The number of nitrogens with zero attached hydrogens (tertiary/aromatic N) is 3. The quantitative estimate of drug-likeness (QED) is 0.631. The van der Waals surface area contributed by atoms with E-state index in [4.69, 9.17) is 5.84 Å². The van der Waals surface area contributed by atoms with Crippen LogP contribution in [0.15, 0.2) is 0 Å². The van der Waals surface area contributed by atoms with Gasteiger partial charge in [0.05, 0.1) is 0 Å². The van der Waals surface area contributed by atoms with Crippen LogP contribution in [-0.2, 0) is 6.42 Å². The zero-order valence-corrected chi connectivity index (χ0v) is 11.5. The lowest BCUT2D eigenvalue weighted by molar-refractivity contribution is 0.642. The van der Waals surface area contributed by atoms with Crippen LogP contribution in [0.5, 0.6) is 0 Å². The molecule has 1 aromatic heterocycles. The van der Waals surface area contributed by atoms with Gasteiger partial charge in [-0.2, -0.15) is 0 Å². The summed E-state index contributed by atoms with van der Waals surface area (Å²) in [6.07, 6.45) is 5.98. The van der Waals surface area contributed by atoms with E-state index in [0.29, 0.717) is 6.04 Å². The second-order valence-corrected chi connectivity index (χ2v) is 4.98. The molecule has 1 aromatic rings.